The van der Waals surface area contributed by atoms with Crippen LogP contribution in [0.3, 0.4) is 0 Å². The van der Waals surface area contributed by atoms with Crippen molar-refractivity contribution in [1.82, 2.24) is 5.01 Å². The lowest BCUT2D eigenvalue weighted by molar-refractivity contribution is -0.123. The monoisotopic (exact) mass is 443 g/mol. The summed E-state index contributed by atoms with van der Waals surface area (Å²) >= 11 is 5.98. The van der Waals surface area contributed by atoms with Crippen molar-refractivity contribution in [3.8, 4) is 11.5 Å². The van der Waals surface area contributed by atoms with Crippen LogP contribution in [0, 0.1) is 0 Å². The van der Waals surface area contributed by atoms with Crippen LogP contribution in [0.1, 0.15) is 0 Å². The molecule has 11 heteroatoms. The molecule has 2 aliphatic heterocycles. The molecule has 2 aromatic carbocycles. The predicted molar refractivity (Wildman–Crippen MR) is 111 cm³/mol. The van der Waals surface area contributed by atoms with Crippen LogP contribution < -0.4 is 19.7 Å². The summed E-state index contributed by atoms with van der Waals surface area (Å²) in [5.74, 6) is -0.502. The number of anilines is 2. The molecule has 10 nitrogen and oxygen atoms in total. The second kappa shape index (κ2) is 8.23. The maximum Gasteiger partial charge on any atom is 0.263 e. The molecule has 2 unspecified atom stereocenters. The van der Waals surface area contributed by atoms with Crippen molar-refractivity contribution in [2.24, 2.45) is 10.3 Å². The number of ether oxygens (including phenoxy) is 2. The number of nitrogens with one attached hydrogen (secondary N) is 1. The summed E-state index contributed by atoms with van der Waals surface area (Å²) in [6.45, 7) is -0.276. The predicted octanol–water partition coefficient (Wildman–Crippen LogP) is 2.29. The van der Waals surface area contributed by atoms with Gasteiger partial charge < -0.3 is 14.8 Å². The van der Waals surface area contributed by atoms with E-state index in [0.29, 0.717) is 27.9 Å². The van der Waals surface area contributed by atoms with Crippen molar-refractivity contribution in [3.05, 3.63) is 47.5 Å². The maximum atomic E-state index is 13.0. The van der Waals surface area contributed by atoms with Crippen LogP contribution in [0.15, 0.2) is 52.8 Å². The van der Waals surface area contributed by atoms with Gasteiger partial charge in [0.05, 0.1) is 25.6 Å². The fourth-order valence-corrected chi connectivity index (χ4v) is 3.65. The van der Waals surface area contributed by atoms with Gasteiger partial charge in [-0.15, -0.1) is 0 Å². The molecule has 1 N–H and O–H groups in total. The average Bonchev–Trinajstić information content (AvgIpc) is 3.27. The zero-order chi connectivity index (χ0) is 22.1. The van der Waals surface area contributed by atoms with Gasteiger partial charge >= 0.3 is 0 Å². The number of benzene rings is 2. The minimum atomic E-state index is -1.00. The van der Waals surface area contributed by atoms with Gasteiger partial charge in [0.2, 0.25) is 5.91 Å². The summed E-state index contributed by atoms with van der Waals surface area (Å²) in [7, 11) is 2.99. The summed E-state index contributed by atoms with van der Waals surface area (Å²) in [5, 5.41) is 12.1. The van der Waals surface area contributed by atoms with E-state index in [1.807, 2.05) is 0 Å². The van der Waals surface area contributed by atoms with Crippen LogP contribution in [0.25, 0.3) is 0 Å². The van der Waals surface area contributed by atoms with Crippen LogP contribution in [-0.2, 0) is 14.4 Å². The Morgan fingerprint density at radius 2 is 1.94 bits per heavy atom. The van der Waals surface area contributed by atoms with Gasteiger partial charge in [-0.3, -0.25) is 19.4 Å². The molecule has 160 valence electrons. The molecule has 0 aromatic heterocycles. The van der Waals surface area contributed by atoms with Crippen molar-refractivity contribution in [2.45, 2.75) is 12.1 Å². The first-order valence-electron chi connectivity index (χ1n) is 9.25. The van der Waals surface area contributed by atoms with E-state index < -0.39 is 29.8 Å². The van der Waals surface area contributed by atoms with Crippen molar-refractivity contribution in [3.63, 3.8) is 0 Å². The molecule has 4 rings (SSSR count). The first-order chi connectivity index (χ1) is 14.9. The van der Waals surface area contributed by atoms with Crippen molar-refractivity contribution >= 4 is 40.7 Å². The molecular weight excluding hydrogens is 426 g/mol. The Morgan fingerprint density at radius 1 is 1.13 bits per heavy atom. The summed E-state index contributed by atoms with van der Waals surface area (Å²) in [6, 6.07) is 9.34. The molecular formula is C20H18ClN5O5. The van der Waals surface area contributed by atoms with E-state index in [2.05, 4.69) is 15.7 Å². The number of nitrogens with zero attached hydrogens (tertiary/aromatic N) is 4. The van der Waals surface area contributed by atoms with E-state index in [0.717, 1.165) is 4.90 Å². The largest absolute Gasteiger partial charge is 0.497 e. The molecule has 2 heterocycles. The quantitative estimate of drug-likeness (QED) is 0.685. The Hall–Kier alpha value is -3.66. The van der Waals surface area contributed by atoms with Gasteiger partial charge in [-0.1, -0.05) is 22.9 Å². The standard InChI is InChI=1S/C20H18ClN5O5/c1-30-13-6-7-14(15(9-13)31-2)22-16(27)10-25-18-17(23-24-25)19(28)26(20(18)29)12-5-3-4-11(21)8-12/h3-9,17-18H,10H2,1-2H3,(H,22,27). The topological polar surface area (TPSA) is 113 Å². The molecule has 2 atom stereocenters. The second-order valence-electron chi connectivity index (χ2n) is 6.80. The van der Waals surface area contributed by atoms with Crippen molar-refractivity contribution in [2.75, 3.05) is 31.0 Å². The van der Waals surface area contributed by atoms with Gasteiger partial charge in [0, 0.05) is 11.1 Å². The maximum absolute atomic E-state index is 13.0. The molecule has 0 radical (unpaired) electrons. The summed E-state index contributed by atoms with van der Waals surface area (Å²) < 4.78 is 10.4. The highest BCUT2D eigenvalue weighted by Crippen LogP contribution is 2.33. The Morgan fingerprint density at radius 3 is 2.65 bits per heavy atom. The summed E-state index contributed by atoms with van der Waals surface area (Å²) in [6.07, 6.45) is 0. The van der Waals surface area contributed by atoms with E-state index >= 15 is 0 Å². The third kappa shape index (κ3) is 3.77. The van der Waals surface area contributed by atoms with Gasteiger partial charge in [0.25, 0.3) is 11.8 Å². The fourth-order valence-electron chi connectivity index (χ4n) is 3.46. The molecule has 2 aromatic rings. The molecule has 0 spiro atoms. The lowest BCUT2D eigenvalue weighted by atomic mass is 10.1. The van der Waals surface area contributed by atoms with Gasteiger partial charge in [-0.05, 0) is 30.3 Å². The van der Waals surface area contributed by atoms with Crippen LogP contribution >= 0.6 is 11.6 Å². The number of hydrogen-bond acceptors (Lipinski definition) is 8. The number of amides is 3. The number of carbonyl (C=O) groups excluding carboxylic acids is 3. The molecule has 3 amide bonds. The SMILES string of the molecule is COc1ccc(NC(=O)CN2N=NC3C(=O)N(c4cccc(Cl)c4)C(=O)C32)c(OC)c1. The molecule has 31 heavy (non-hydrogen) atoms. The summed E-state index contributed by atoms with van der Waals surface area (Å²) in [4.78, 5) is 39.3. The molecule has 0 bridgehead atoms. The Labute approximate surface area is 182 Å². The Kier molecular flexibility index (Phi) is 5.47. The van der Waals surface area contributed by atoms with E-state index in [9.17, 15) is 14.4 Å². The molecule has 1 fully saturated rings. The van der Waals surface area contributed by atoms with Gasteiger partial charge in [-0.2, -0.15) is 5.11 Å². The minimum Gasteiger partial charge on any atom is -0.497 e. The van der Waals surface area contributed by atoms with E-state index in [1.165, 1.54) is 25.3 Å². The van der Waals surface area contributed by atoms with Crippen LogP contribution in [0.5, 0.6) is 11.5 Å². The number of carbonyl (C=O) groups is 3. The number of methoxy groups -OCH3 is 2. The van der Waals surface area contributed by atoms with Crippen molar-refractivity contribution < 1.29 is 23.9 Å². The van der Waals surface area contributed by atoms with Gasteiger partial charge in [0.15, 0.2) is 12.1 Å². The van der Waals surface area contributed by atoms with Crippen LogP contribution in [0.2, 0.25) is 5.02 Å². The number of halogens is 1. The van der Waals surface area contributed by atoms with E-state index in [1.54, 1.807) is 36.4 Å². The molecule has 0 aliphatic carbocycles. The lowest BCUT2D eigenvalue weighted by Crippen LogP contribution is -2.43. The van der Waals surface area contributed by atoms with Gasteiger partial charge in [0.1, 0.15) is 18.0 Å². The third-order valence-electron chi connectivity index (χ3n) is 4.91. The zero-order valence-electron chi connectivity index (χ0n) is 16.6. The number of rotatable bonds is 6. The second-order valence-corrected chi connectivity index (χ2v) is 7.23. The van der Waals surface area contributed by atoms with E-state index in [4.69, 9.17) is 21.1 Å². The highest BCUT2D eigenvalue weighted by Gasteiger charge is 2.55. The normalized spacial score (nSPS) is 19.6. The van der Waals surface area contributed by atoms with Crippen LogP contribution in [0.4, 0.5) is 11.4 Å². The number of hydrogen-bond donors (Lipinski definition) is 1. The average molecular weight is 444 g/mol. The smallest absolute Gasteiger partial charge is 0.263 e. The third-order valence-corrected chi connectivity index (χ3v) is 5.15. The highest BCUT2D eigenvalue weighted by atomic mass is 35.5. The summed E-state index contributed by atoms with van der Waals surface area (Å²) in [5.41, 5.74) is 0.773. The van der Waals surface area contributed by atoms with Gasteiger partial charge in [-0.25, -0.2) is 4.90 Å². The molecule has 2 aliphatic rings. The molecule has 0 saturated carbocycles. The molecule has 1 saturated heterocycles. The zero-order valence-corrected chi connectivity index (χ0v) is 17.4. The highest BCUT2D eigenvalue weighted by molar-refractivity contribution is 6.31. The number of fused-ring (bicyclic) bond motifs is 1. The Balaban J connectivity index is 1.48. The van der Waals surface area contributed by atoms with Crippen LogP contribution in [-0.4, -0.2) is 55.6 Å². The first kappa shape index (κ1) is 20.6. The fraction of sp³-hybridized carbons (Fsp3) is 0.250. The lowest BCUT2D eigenvalue weighted by Gasteiger charge is -2.20. The first-order valence-corrected chi connectivity index (χ1v) is 9.63. The van der Waals surface area contributed by atoms with Crippen molar-refractivity contribution in [1.29, 1.82) is 0 Å². The minimum absolute atomic E-state index is 0.276. The number of imide groups is 1. The van der Waals surface area contributed by atoms with E-state index in [-0.39, 0.29) is 6.54 Å². The Bertz CT molecular complexity index is 1090.